The average Bonchev–Trinajstić information content (AvgIpc) is 2.89. The molecule has 1 unspecified atom stereocenters. The Bertz CT molecular complexity index is 769. The number of fused-ring (bicyclic) bond motifs is 2. The molecule has 0 saturated carbocycles. The zero-order chi connectivity index (χ0) is 14.4. The maximum atomic E-state index is 6.12. The molecule has 1 aromatic heterocycles. The molecular weight excluding hydrogens is 258 g/mol. The molecule has 0 amide bonds. The summed E-state index contributed by atoms with van der Waals surface area (Å²) in [5.74, 6) is 1.40. The van der Waals surface area contributed by atoms with Gasteiger partial charge < -0.3 is 9.32 Å². The van der Waals surface area contributed by atoms with Crippen molar-refractivity contribution in [3.8, 4) is 0 Å². The number of hydrogen-bond donors (Lipinski definition) is 0. The molecule has 0 saturated heterocycles. The second-order valence-electron chi connectivity index (χ2n) is 6.14. The first-order valence-corrected chi connectivity index (χ1v) is 7.47. The van der Waals surface area contributed by atoms with Gasteiger partial charge in [0.05, 0.1) is 5.92 Å². The number of furan rings is 1. The number of para-hydroxylation sites is 1. The molecule has 1 aliphatic heterocycles. The van der Waals surface area contributed by atoms with Crippen LogP contribution in [0, 0.1) is 6.92 Å². The van der Waals surface area contributed by atoms with Gasteiger partial charge in [-0.1, -0.05) is 42.0 Å². The van der Waals surface area contributed by atoms with Gasteiger partial charge in [-0.05, 0) is 37.2 Å². The number of likely N-dealkylation sites (N-methyl/N-ethyl adjacent to an activating group) is 1. The van der Waals surface area contributed by atoms with Crippen LogP contribution in [0.1, 0.15) is 28.4 Å². The highest BCUT2D eigenvalue weighted by atomic mass is 16.3. The van der Waals surface area contributed by atoms with Gasteiger partial charge in [0.15, 0.2) is 0 Å². The summed E-state index contributed by atoms with van der Waals surface area (Å²) in [6.07, 6.45) is 0. The molecule has 3 aromatic rings. The van der Waals surface area contributed by atoms with Crippen molar-refractivity contribution in [3.63, 3.8) is 0 Å². The molecule has 1 atom stereocenters. The van der Waals surface area contributed by atoms with Crippen molar-refractivity contribution in [2.45, 2.75) is 19.4 Å². The first kappa shape index (κ1) is 12.7. The zero-order valence-electron chi connectivity index (χ0n) is 12.5. The van der Waals surface area contributed by atoms with E-state index in [1.807, 2.05) is 12.1 Å². The first-order valence-electron chi connectivity index (χ1n) is 7.47. The van der Waals surface area contributed by atoms with Crippen molar-refractivity contribution in [2.75, 3.05) is 13.6 Å². The number of benzene rings is 2. The highest BCUT2D eigenvalue weighted by molar-refractivity contribution is 5.78. The minimum atomic E-state index is 0.326. The quantitative estimate of drug-likeness (QED) is 0.658. The van der Waals surface area contributed by atoms with Crippen molar-refractivity contribution in [3.05, 3.63) is 71.0 Å². The number of aryl methyl sites for hydroxylation is 1. The molecule has 0 fully saturated rings. The summed E-state index contributed by atoms with van der Waals surface area (Å²) in [5, 5.41) is 1.19. The number of rotatable bonds is 1. The van der Waals surface area contributed by atoms with Gasteiger partial charge in [-0.2, -0.15) is 0 Å². The fourth-order valence-corrected chi connectivity index (χ4v) is 3.39. The summed E-state index contributed by atoms with van der Waals surface area (Å²) in [4.78, 5) is 2.37. The van der Waals surface area contributed by atoms with E-state index in [9.17, 15) is 0 Å². The third-order valence-electron chi connectivity index (χ3n) is 4.40. The summed E-state index contributed by atoms with van der Waals surface area (Å²) < 4.78 is 6.12. The first-order chi connectivity index (χ1) is 10.2. The van der Waals surface area contributed by atoms with Crippen molar-refractivity contribution >= 4 is 11.0 Å². The van der Waals surface area contributed by atoms with Crippen LogP contribution in [-0.4, -0.2) is 18.5 Å². The van der Waals surface area contributed by atoms with Gasteiger partial charge in [-0.25, -0.2) is 0 Å². The molecule has 0 aliphatic carbocycles. The van der Waals surface area contributed by atoms with E-state index >= 15 is 0 Å². The zero-order valence-corrected chi connectivity index (χ0v) is 12.5. The van der Waals surface area contributed by atoms with Gasteiger partial charge in [0.25, 0.3) is 0 Å². The third-order valence-corrected chi connectivity index (χ3v) is 4.40. The fourth-order valence-electron chi connectivity index (χ4n) is 3.39. The summed E-state index contributed by atoms with van der Waals surface area (Å²) in [7, 11) is 2.18. The van der Waals surface area contributed by atoms with Crippen molar-refractivity contribution < 1.29 is 4.42 Å². The Morgan fingerprint density at radius 3 is 2.81 bits per heavy atom. The number of hydrogen-bond acceptors (Lipinski definition) is 2. The van der Waals surface area contributed by atoms with Crippen LogP contribution >= 0.6 is 0 Å². The molecule has 0 radical (unpaired) electrons. The fraction of sp³-hybridized carbons (Fsp3) is 0.263. The molecule has 0 N–H and O–H groups in total. The normalized spacial score (nSPS) is 18.9. The summed E-state index contributed by atoms with van der Waals surface area (Å²) in [6.45, 7) is 4.19. The smallest absolute Gasteiger partial charge is 0.134 e. The van der Waals surface area contributed by atoms with Gasteiger partial charge >= 0.3 is 0 Å². The van der Waals surface area contributed by atoms with Crippen LogP contribution in [-0.2, 0) is 6.54 Å². The van der Waals surface area contributed by atoms with Crippen LogP contribution < -0.4 is 0 Å². The molecule has 0 spiro atoms. The highest BCUT2D eigenvalue weighted by Crippen LogP contribution is 2.36. The van der Waals surface area contributed by atoms with E-state index in [0.717, 1.165) is 24.4 Å². The van der Waals surface area contributed by atoms with Gasteiger partial charge in [0, 0.05) is 18.5 Å². The van der Waals surface area contributed by atoms with E-state index in [0.29, 0.717) is 5.92 Å². The Balaban J connectivity index is 1.84. The molecule has 2 heteroatoms. The predicted molar refractivity (Wildman–Crippen MR) is 85.6 cm³/mol. The third kappa shape index (κ3) is 2.16. The SMILES string of the molecule is Cc1ccc2c(c1)CN(C)CC2c1cc2ccccc2o1. The van der Waals surface area contributed by atoms with Gasteiger partial charge in [0.1, 0.15) is 11.3 Å². The lowest BCUT2D eigenvalue weighted by molar-refractivity contribution is 0.282. The molecule has 2 nitrogen and oxygen atoms in total. The Hall–Kier alpha value is -2.06. The van der Waals surface area contributed by atoms with Crippen LogP contribution in [0.4, 0.5) is 0 Å². The van der Waals surface area contributed by atoms with Crippen molar-refractivity contribution in [1.29, 1.82) is 0 Å². The van der Waals surface area contributed by atoms with E-state index in [4.69, 9.17) is 4.42 Å². The molecule has 1 aliphatic rings. The van der Waals surface area contributed by atoms with E-state index < -0.39 is 0 Å². The Labute approximate surface area is 125 Å². The van der Waals surface area contributed by atoms with Crippen LogP contribution in [0.25, 0.3) is 11.0 Å². The van der Waals surface area contributed by atoms with E-state index in [2.05, 4.69) is 55.3 Å². The van der Waals surface area contributed by atoms with E-state index in [1.54, 1.807) is 0 Å². The van der Waals surface area contributed by atoms with Crippen LogP contribution in [0.5, 0.6) is 0 Å². The predicted octanol–water partition coefficient (Wildman–Crippen LogP) is 4.32. The standard InChI is InChI=1S/C19H19NO/c1-13-7-8-16-15(9-13)11-20(2)12-17(16)19-10-14-5-3-4-6-18(14)21-19/h3-10,17H,11-12H2,1-2H3. The molecule has 0 bridgehead atoms. The minimum absolute atomic E-state index is 0.326. The monoisotopic (exact) mass is 277 g/mol. The summed E-state index contributed by atoms with van der Waals surface area (Å²) >= 11 is 0. The summed E-state index contributed by atoms with van der Waals surface area (Å²) in [6, 6.07) is 17.2. The molecule has 21 heavy (non-hydrogen) atoms. The Morgan fingerprint density at radius 2 is 1.95 bits per heavy atom. The topological polar surface area (TPSA) is 16.4 Å². The summed E-state index contributed by atoms with van der Waals surface area (Å²) in [5.41, 5.74) is 5.15. The van der Waals surface area contributed by atoms with Crippen LogP contribution in [0.3, 0.4) is 0 Å². The Morgan fingerprint density at radius 1 is 1.10 bits per heavy atom. The lowest BCUT2D eigenvalue weighted by atomic mass is 9.87. The highest BCUT2D eigenvalue weighted by Gasteiger charge is 2.27. The molecule has 2 aromatic carbocycles. The van der Waals surface area contributed by atoms with Gasteiger partial charge in [0.2, 0.25) is 0 Å². The second-order valence-corrected chi connectivity index (χ2v) is 6.14. The van der Waals surface area contributed by atoms with E-state index in [-0.39, 0.29) is 0 Å². The van der Waals surface area contributed by atoms with Crippen molar-refractivity contribution in [2.24, 2.45) is 0 Å². The molecule has 106 valence electrons. The van der Waals surface area contributed by atoms with E-state index in [1.165, 1.54) is 22.1 Å². The van der Waals surface area contributed by atoms with Crippen LogP contribution in [0.2, 0.25) is 0 Å². The van der Waals surface area contributed by atoms with Gasteiger partial charge in [-0.3, -0.25) is 0 Å². The Kier molecular flexibility index (Phi) is 2.86. The molecule has 4 rings (SSSR count). The lowest BCUT2D eigenvalue weighted by Gasteiger charge is -2.31. The van der Waals surface area contributed by atoms with Gasteiger partial charge in [-0.15, -0.1) is 0 Å². The van der Waals surface area contributed by atoms with Crippen LogP contribution in [0.15, 0.2) is 52.9 Å². The second kappa shape index (κ2) is 4.74. The molecular formula is C19H19NO. The average molecular weight is 277 g/mol. The minimum Gasteiger partial charge on any atom is -0.460 e. The molecule has 2 heterocycles. The largest absolute Gasteiger partial charge is 0.460 e. The lowest BCUT2D eigenvalue weighted by Crippen LogP contribution is -2.30. The maximum Gasteiger partial charge on any atom is 0.134 e. The maximum absolute atomic E-state index is 6.12. The van der Waals surface area contributed by atoms with Crippen molar-refractivity contribution in [1.82, 2.24) is 4.90 Å². The number of nitrogens with zero attached hydrogens (tertiary/aromatic N) is 1.